The van der Waals surface area contributed by atoms with Crippen molar-refractivity contribution in [1.29, 1.82) is 5.26 Å². The fraction of sp³-hybridized carbons (Fsp3) is 0.417. The van der Waals surface area contributed by atoms with Gasteiger partial charge in [-0.25, -0.2) is 9.59 Å². The van der Waals surface area contributed by atoms with Crippen molar-refractivity contribution >= 4 is 94.2 Å². The normalized spacial score (nSPS) is 15.5. The molecule has 15 N–H and O–H groups in total. The Morgan fingerprint density at radius 3 is 1.41 bits per heavy atom. The molecule has 2 heterocycles. The van der Waals surface area contributed by atoms with Crippen molar-refractivity contribution < 1.29 is 112 Å². The standard InChI is InChI=1S/C48H54N10O24/c49-18-24(51-46(77)33-19-50-8-1-9-81-33)10-21-2-4-22(5-3-21)23-6-7-32-31(11-23)58(48(80)82-32)20-34(59)52-25(12-35(60)61)41(72)53-26(13-36(62)63)42(73)54-27(14-37(64)65)43(74)55-28(15-38(66)67)44(75)56-29(16-39(68)69)45(76)57-30(47(78)79)17-40(70)71/h2-7,11,24-30,33,50H,1,8-10,12-17,19-20H2,(H,51,77)(H,52,59)(H,53,72)(H,54,73)(H,55,74)(H,56,75)(H,57,76)(H,60,61)(H,62,63)(H,64,65)(H,66,67)(H,68,69)(H,70,71)(H,78,79). The third-order valence-corrected chi connectivity index (χ3v) is 11.7. The molecule has 8 atom stereocenters. The molecule has 8 unspecified atom stereocenters. The van der Waals surface area contributed by atoms with Gasteiger partial charge < -0.3 is 87.4 Å². The van der Waals surface area contributed by atoms with E-state index in [-0.39, 0.29) is 24.1 Å². The van der Waals surface area contributed by atoms with E-state index in [4.69, 9.17) is 14.3 Å². The summed E-state index contributed by atoms with van der Waals surface area (Å²) in [5.74, 6) is -23.8. The molecule has 82 heavy (non-hydrogen) atoms. The van der Waals surface area contributed by atoms with Crippen LogP contribution in [0, 0.1) is 11.3 Å². The van der Waals surface area contributed by atoms with Crippen LogP contribution in [0.4, 0.5) is 0 Å². The number of oxazole rings is 1. The number of aliphatic carboxylic acids is 7. The summed E-state index contributed by atoms with van der Waals surface area (Å²) in [6.45, 7) is 0.413. The summed E-state index contributed by atoms with van der Waals surface area (Å²) in [4.78, 5) is 188. The van der Waals surface area contributed by atoms with Crippen LogP contribution in [0.3, 0.4) is 0 Å². The van der Waals surface area contributed by atoms with Crippen molar-refractivity contribution in [1.82, 2.24) is 47.1 Å². The Hall–Kier alpha value is -10.3. The third-order valence-electron chi connectivity index (χ3n) is 11.7. The maximum atomic E-state index is 13.6. The number of rotatable bonds is 31. The monoisotopic (exact) mass is 1150 g/mol. The number of ether oxygens (including phenoxy) is 1. The maximum Gasteiger partial charge on any atom is 0.420 e. The smallest absolute Gasteiger partial charge is 0.420 e. The van der Waals surface area contributed by atoms with Gasteiger partial charge in [-0.1, -0.05) is 30.3 Å². The maximum absolute atomic E-state index is 13.6. The number of carbonyl (C=O) groups is 14. The molecule has 0 saturated carbocycles. The van der Waals surface area contributed by atoms with Crippen molar-refractivity contribution in [3.63, 3.8) is 0 Å². The van der Waals surface area contributed by atoms with E-state index in [1.54, 1.807) is 51.6 Å². The average Bonchev–Trinajstić information content (AvgIpc) is 3.80. The molecule has 440 valence electrons. The SMILES string of the molecule is N#CC(Cc1ccc(-c2ccc3oc(=O)n(CC(=O)NC(CC(=O)O)C(=O)NC(CC(=O)O)C(=O)NC(CC(=O)O)C(=O)NC(CC(=O)O)C(=O)NC(CC(=O)O)C(=O)NC(CC(=O)O)C(=O)O)c3c2)cc1)NC(=O)C1CNCCCO1. The molecule has 3 aromatic rings. The number of hydrogen-bond donors (Lipinski definition) is 15. The van der Waals surface area contributed by atoms with Gasteiger partial charge in [-0.3, -0.25) is 66.9 Å². The summed E-state index contributed by atoms with van der Waals surface area (Å²) < 4.78 is 11.6. The fourth-order valence-electron chi connectivity index (χ4n) is 7.78. The second-order valence-corrected chi connectivity index (χ2v) is 18.0. The molecule has 0 spiro atoms. The van der Waals surface area contributed by atoms with E-state index >= 15 is 0 Å². The van der Waals surface area contributed by atoms with Gasteiger partial charge in [0, 0.05) is 19.6 Å². The lowest BCUT2D eigenvalue weighted by atomic mass is 10.0. The Kier molecular flexibility index (Phi) is 23.6. The minimum atomic E-state index is -2.39. The van der Waals surface area contributed by atoms with Crippen molar-refractivity contribution in [2.24, 2.45) is 0 Å². The molecule has 7 amide bonds. The van der Waals surface area contributed by atoms with Crippen molar-refractivity contribution in [3.05, 3.63) is 58.6 Å². The molecule has 1 aliphatic rings. The van der Waals surface area contributed by atoms with Crippen LogP contribution in [-0.4, -0.2) is 192 Å². The van der Waals surface area contributed by atoms with Gasteiger partial charge in [-0.2, -0.15) is 5.26 Å². The molecule has 1 saturated heterocycles. The highest BCUT2D eigenvalue weighted by molar-refractivity contribution is 6.00. The molecular formula is C48H54N10O24. The third kappa shape index (κ3) is 20.2. The number of amides is 7. The molecule has 1 aliphatic heterocycles. The minimum Gasteiger partial charge on any atom is -0.481 e. The van der Waals surface area contributed by atoms with Gasteiger partial charge in [0.05, 0.1) is 50.1 Å². The first-order valence-corrected chi connectivity index (χ1v) is 24.2. The number of hydrogen-bond acceptors (Lipinski definition) is 19. The number of benzene rings is 2. The predicted octanol–water partition coefficient (Wildman–Crippen LogP) is -4.97. The van der Waals surface area contributed by atoms with E-state index in [1.165, 1.54) is 12.1 Å². The Balaban J connectivity index is 1.49. The Bertz CT molecular complexity index is 3070. The molecule has 34 heteroatoms. The second kappa shape index (κ2) is 30.2. The lowest BCUT2D eigenvalue weighted by molar-refractivity contribution is -0.148. The van der Waals surface area contributed by atoms with Gasteiger partial charge in [-0.15, -0.1) is 0 Å². The zero-order chi connectivity index (χ0) is 61.0. The highest BCUT2D eigenvalue weighted by Gasteiger charge is 2.37. The van der Waals surface area contributed by atoms with E-state index in [2.05, 4.69) is 22.0 Å². The van der Waals surface area contributed by atoms with Gasteiger partial charge in [0.1, 0.15) is 54.9 Å². The zero-order valence-corrected chi connectivity index (χ0v) is 42.6. The van der Waals surface area contributed by atoms with Crippen LogP contribution in [0.5, 0.6) is 0 Å². The Labute approximate surface area is 459 Å². The Morgan fingerprint density at radius 2 is 0.988 bits per heavy atom. The zero-order valence-electron chi connectivity index (χ0n) is 42.6. The number of nitriles is 1. The summed E-state index contributed by atoms with van der Waals surface area (Å²) in [5, 5.41) is 92.3. The topological polar surface area (TPSA) is 545 Å². The van der Waals surface area contributed by atoms with Crippen LogP contribution in [-0.2, 0) is 84.8 Å². The van der Waals surface area contributed by atoms with Gasteiger partial charge >= 0.3 is 47.5 Å². The van der Waals surface area contributed by atoms with E-state index in [0.29, 0.717) is 29.8 Å². The van der Waals surface area contributed by atoms with Crippen LogP contribution >= 0.6 is 0 Å². The molecule has 0 radical (unpaired) electrons. The van der Waals surface area contributed by atoms with Crippen LogP contribution < -0.4 is 48.3 Å². The molecule has 2 aromatic carbocycles. The highest BCUT2D eigenvalue weighted by Crippen LogP contribution is 2.25. The summed E-state index contributed by atoms with van der Waals surface area (Å²) in [6.07, 6.45) is -7.95. The first-order chi connectivity index (χ1) is 38.6. The molecule has 0 bridgehead atoms. The van der Waals surface area contributed by atoms with Crippen LogP contribution in [0.2, 0.25) is 0 Å². The number of carboxylic acid groups (broad SMARTS) is 7. The molecule has 4 rings (SSSR count). The van der Waals surface area contributed by atoms with Gasteiger partial charge in [0.15, 0.2) is 5.58 Å². The first-order valence-electron chi connectivity index (χ1n) is 24.2. The summed E-state index contributed by atoms with van der Waals surface area (Å²) in [5.41, 5.74) is 1.74. The van der Waals surface area contributed by atoms with E-state index < -0.39 is 182 Å². The lowest BCUT2D eigenvalue weighted by Gasteiger charge is -2.26. The van der Waals surface area contributed by atoms with Crippen molar-refractivity contribution in [2.75, 3.05) is 19.7 Å². The van der Waals surface area contributed by atoms with Gasteiger partial charge in [0.2, 0.25) is 35.4 Å². The highest BCUT2D eigenvalue weighted by atomic mass is 16.5. The fourth-order valence-corrected chi connectivity index (χ4v) is 7.78. The number of carboxylic acids is 7. The molecule has 1 aromatic heterocycles. The minimum absolute atomic E-state index is 0.0195. The number of fused-ring (bicyclic) bond motifs is 1. The largest absolute Gasteiger partial charge is 0.481 e. The summed E-state index contributed by atoms with van der Waals surface area (Å²) in [7, 11) is 0. The Morgan fingerprint density at radius 1 is 0.573 bits per heavy atom. The van der Waals surface area contributed by atoms with E-state index in [0.717, 1.165) is 11.0 Å². The lowest BCUT2D eigenvalue weighted by Crippen LogP contribution is -2.60. The number of aromatic nitrogens is 1. The van der Waals surface area contributed by atoms with Gasteiger partial charge in [-0.05, 0) is 41.8 Å². The van der Waals surface area contributed by atoms with Crippen LogP contribution in [0.25, 0.3) is 22.2 Å². The summed E-state index contributed by atoms with van der Waals surface area (Å²) in [6, 6.07) is -1.35. The van der Waals surface area contributed by atoms with E-state index in [1.807, 2.05) is 5.32 Å². The quantitative estimate of drug-likeness (QED) is 0.0287. The molecular weight excluding hydrogens is 1100 g/mol. The number of nitrogens with zero attached hydrogens (tertiary/aromatic N) is 2. The van der Waals surface area contributed by atoms with Crippen molar-refractivity contribution in [3.8, 4) is 17.2 Å². The number of carbonyl (C=O) groups excluding carboxylic acids is 7. The first kappa shape index (κ1) is 64.2. The van der Waals surface area contributed by atoms with E-state index in [9.17, 15) is 108 Å². The molecule has 34 nitrogen and oxygen atoms in total. The summed E-state index contributed by atoms with van der Waals surface area (Å²) >= 11 is 0. The van der Waals surface area contributed by atoms with Gasteiger partial charge in [0.25, 0.3) is 5.91 Å². The molecule has 0 aliphatic carbocycles. The average molecular weight is 1160 g/mol. The second-order valence-electron chi connectivity index (χ2n) is 18.0. The van der Waals surface area contributed by atoms with Crippen molar-refractivity contribution in [2.45, 2.75) is 106 Å². The van der Waals surface area contributed by atoms with Crippen LogP contribution in [0.1, 0.15) is 50.5 Å². The predicted molar refractivity (Wildman–Crippen MR) is 267 cm³/mol. The molecule has 1 fully saturated rings. The van der Waals surface area contributed by atoms with Crippen LogP contribution in [0.15, 0.2) is 51.7 Å². The number of nitrogens with one attached hydrogen (secondary N) is 8.